The Labute approximate surface area is 126 Å². The van der Waals surface area contributed by atoms with Crippen LogP contribution in [0.1, 0.15) is 40.7 Å². The maximum atomic E-state index is 12.1. The lowest BCUT2D eigenvalue weighted by atomic mass is 10.1. The number of carbonyl (C=O) groups is 1. The molecule has 4 nitrogen and oxygen atoms in total. The molecule has 1 aromatic carbocycles. The Hall–Kier alpha value is -1.83. The van der Waals surface area contributed by atoms with Crippen LogP contribution in [0, 0.1) is 18.8 Å². The summed E-state index contributed by atoms with van der Waals surface area (Å²) in [5.41, 5.74) is 2.42. The van der Waals surface area contributed by atoms with Crippen molar-refractivity contribution in [1.29, 1.82) is 0 Å². The van der Waals surface area contributed by atoms with Crippen molar-refractivity contribution in [2.24, 2.45) is 0 Å². The quantitative estimate of drug-likeness (QED) is 0.595. The average Bonchev–Trinajstić information content (AvgIpc) is 2.46. The first kappa shape index (κ1) is 17.2. The molecular weight excluding hydrogens is 266 g/mol. The van der Waals surface area contributed by atoms with E-state index in [-0.39, 0.29) is 12.5 Å². The van der Waals surface area contributed by atoms with Crippen LogP contribution in [0.2, 0.25) is 0 Å². The number of hydrogen-bond donors (Lipinski definition) is 2. The van der Waals surface area contributed by atoms with Crippen molar-refractivity contribution < 1.29 is 14.6 Å². The minimum Gasteiger partial charge on any atom is -0.395 e. The van der Waals surface area contributed by atoms with Crippen LogP contribution in [0.5, 0.6) is 0 Å². The van der Waals surface area contributed by atoms with Crippen LogP contribution in [0.3, 0.4) is 0 Å². The minimum absolute atomic E-state index is 0.0492. The van der Waals surface area contributed by atoms with Crippen molar-refractivity contribution in [2.75, 3.05) is 26.9 Å². The number of aliphatic hydroxyl groups excluding tert-OH is 1. The number of aryl methyl sites for hydroxylation is 1. The molecule has 1 amide bonds. The third-order valence-corrected chi connectivity index (χ3v) is 2.87. The van der Waals surface area contributed by atoms with Gasteiger partial charge in [-0.15, -0.1) is 0 Å². The number of benzene rings is 1. The van der Waals surface area contributed by atoms with Gasteiger partial charge in [0, 0.05) is 37.8 Å². The van der Waals surface area contributed by atoms with E-state index in [0.29, 0.717) is 25.1 Å². The second-order valence-corrected chi connectivity index (χ2v) is 4.82. The fraction of sp³-hybridized carbons (Fsp3) is 0.471. The molecule has 0 aliphatic heterocycles. The minimum atomic E-state index is -0.0821. The van der Waals surface area contributed by atoms with E-state index in [1.165, 1.54) is 0 Å². The summed E-state index contributed by atoms with van der Waals surface area (Å²) in [5.74, 6) is 5.74. The Morgan fingerprint density at radius 2 is 2.14 bits per heavy atom. The van der Waals surface area contributed by atoms with Gasteiger partial charge in [-0.2, -0.15) is 0 Å². The molecule has 0 fully saturated rings. The molecular formula is C17H23NO3. The number of carbonyl (C=O) groups excluding carboxylic acids is 1. The molecule has 1 rings (SSSR count). The van der Waals surface area contributed by atoms with Crippen molar-refractivity contribution >= 4 is 5.91 Å². The first-order valence-corrected chi connectivity index (χ1v) is 7.16. The van der Waals surface area contributed by atoms with Crippen LogP contribution in [-0.2, 0) is 4.74 Å². The van der Waals surface area contributed by atoms with E-state index in [9.17, 15) is 4.79 Å². The van der Waals surface area contributed by atoms with Gasteiger partial charge in [-0.25, -0.2) is 0 Å². The average molecular weight is 289 g/mol. The summed E-state index contributed by atoms with van der Waals surface area (Å²) in [4.78, 5) is 12.1. The highest BCUT2D eigenvalue weighted by molar-refractivity contribution is 5.94. The Kier molecular flexibility index (Phi) is 8.18. The first-order chi connectivity index (χ1) is 10.2. The van der Waals surface area contributed by atoms with Gasteiger partial charge in [0.15, 0.2) is 0 Å². The van der Waals surface area contributed by atoms with Crippen LogP contribution >= 0.6 is 0 Å². The lowest BCUT2D eigenvalue weighted by molar-refractivity contribution is 0.0951. The molecule has 21 heavy (non-hydrogen) atoms. The first-order valence-electron chi connectivity index (χ1n) is 7.16. The number of ether oxygens (including phenoxy) is 1. The normalized spacial score (nSPS) is 9.86. The van der Waals surface area contributed by atoms with Crippen LogP contribution in [0.4, 0.5) is 0 Å². The van der Waals surface area contributed by atoms with E-state index >= 15 is 0 Å². The summed E-state index contributed by atoms with van der Waals surface area (Å²) < 4.78 is 4.97. The molecule has 0 atom stereocenters. The maximum Gasteiger partial charge on any atom is 0.251 e. The zero-order valence-corrected chi connectivity index (χ0v) is 12.7. The van der Waals surface area contributed by atoms with E-state index in [0.717, 1.165) is 24.0 Å². The van der Waals surface area contributed by atoms with E-state index in [4.69, 9.17) is 9.84 Å². The fourth-order valence-corrected chi connectivity index (χ4v) is 1.88. The van der Waals surface area contributed by atoms with E-state index in [1.54, 1.807) is 13.2 Å². The lowest BCUT2D eigenvalue weighted by Gasteiger charge is -2.06. The van der Waals surface area contributed by atoms with Gasteiger partial charge in [0.2, 0.25) is 0 Å². The van der Waals surface area contributed by atoms with Gasteiger partial charge in [0.1, 0.15) is 0 Å². The SMILES string of the molecule is COCCCCNC(=O)c1cc(C)cc(C#CCCO)c1. The summed E-state index contributed by atoms with van der Waals surface area (Å²) in [6.45, 7) is 3.34. The summed E-state index contributed by atoms with van der Waals surface area (Å²) in [6, 6.07) is 5.56. The summed E-state index contributed by atoms with van der Waals surface area (Å²) >= 11 is 0. The van der Waals surface area contributed by atoms with Gasteiger partial charge in [0.25, 0.3) is 5.91 Å². The number of rotatable bonds is 7. The van der Waals surface area contributed by atoms with Gasteiger partial charge in [-0.1, -0.05) is 11.8 Å². The van der Waals surface area contributed by atoms with Crippen molar-refractivity contribution in [1.82, 2.24) is 5.32 Å². The molecule has 1 aromatic rings. The second-order valence-electron chi connectivity index (χ2n) is 4.82. The molecule has 0 aromatic heterocycles. The highest BCUT2D eigenvalue weighted by atomic mass is 16.5. The zero-order valence-electron chi connectivity index (χ0n) is 12.7. The van der Waals surface area contributed by atoms with Crippen LogP contribution < -0.4 is 5.32 Å². The topological polar surface area (TPSA) is 58.6 Å². The highest BCUT2D eigenvalue weighted by Gasteiger charge is 2.06. The third-order valence-electron chi connectivity index (χ3n) is 2.87. The van der Waals surface area contributed by atoms with Gasteiger partial charge < -0.3 is 15.2 Å². The molecule has 0 spiro atoms. The van der Waals surface area contributed by atoms with Crippen molar-refractivity contribution in [3.8, 4) is 11.8 Å². The molecule has 0 aliphatic carbocycles. The smallest absolute Gasteiger partial charge is 0.251 e. The fourth-order valence-electron chi connectivity index (χ4n) is 1.88. The molecule has 114 valence electrons. The Bertz CT molecular complexity index is 515. The Morgan fingerprint density at radius 3 is 2.86 bits per heavy atom. The molecule has 0 unspecified atom stereocenters. The standard InChI is InChI=1S/C17H23NO3/c1-14-11-15(7-3-5-9-19)13-16(12-14)17(20)18-8-4-6-10-21-2/h11-13,19H,4-6,8-10H2,1-2H3,(H,18,20). The molecule has 0 bridgehead atoms. The molecule has 0 saturated carbocycles. The largest absolute Gasteiger partial charge is 0.395 e. The number of unbranched alkanes of at least 4 members (excludes halogenated alkanes) is 1. The zero-order chi connectivity index (χ0) is 15.5. The van der Waals surface area contributed by atoms with Crippen LogP contribution in [-0.4, -0.2) is 37.9 Å². The van der Waals surface area contributed by atoms with E-state index in [2.05, 4.69) is 17.2 Å². The second kappa shape index (κ2) is 9.98. The number of nitrogens with one attached hydrogen (secondary N) is 1. The van der Waals surface area contributed by atoms with E-state index < -0.39 is 0 Å². The predicted octanol–water partition coefficient (Wildman–Crippen LogP) is 1.89. The van der Waals surface area contributed by atoms with Crippen LogP contribution in [0.15, 0.2) is 18.2 Å². The molecule has 0 radical (unpaired) electrons. The molecule has 4 heteroatoms. The third kappa shape index (κ3) is 6.94. The molecule has 0 heterocycles. The Balaban J connectivity index is 2.61. The van der Waals surface area contributed by atoms with Gasteiger partial charge in [0.05, 0.1) is 6.61 Å². The molecule has 0 saturated heterocycles. The van der Waals surface area contributed by atoms with Crippen LogP contribution in [0.25, 0.3) is 0 Å². The van der Waals surface area contributed by atoms with Gasteiger partial charge in [-0.3, -0.25) is 4.79 Å². The molecule has 2 N–H and O–H groups in total. The lowest BCUT2D eigenvalue weighted by Crippen LogP contribution is -2.24. The summed E-state index contributed by atoms with van der Waals surface area (Å²) in [5, 5.41) is 11.6. The van der Waals surface area contributed by atoms with Crippen molar-refractivity contribution in [2.45, 2.75) is 26.2 Å². The number of amides is 1. The number of hydrogen-bond acceptors (Lipinski definition) is 3. The highest BCUT2D eigenvalue weighted by Crippen LogP contribution is 2.09. The van der Waals surface area contributed by atoms with Crippen molar-refractivity contribution in [3.63, 3.8) is 0 Å². The predicted molar refractivity (Wildman–Crippen MR) is 83.2 cm³/mol. The monoisotopic (exact) mass is 289 g/mol. The van der Waals surface area contributed by atoms with E-state index in [1.807, 2.05) is 19.1 Å². The molecule has 0 aliphatic rings. The Morgan fingerprint density at radius 1 is 1.33 bits per heavy atom. The maximum absolute atomic E-state index is 12.1. The van der Waals surface area contributed by atoms with Gasteiger partial charge in [-0.05, 0) is 43.5 Å². The summed E-state index contributed by atoms with van der Waals surface area (Å²) in [7, 11) is 1.67. The van der Waals surface area contributed by atoms with Crippen molar-refractivity contribution in [3.05, 3.63) is 34.9 Å². The van der Waals surface area contributed by atoms with Gasteiger partial charge >= 0.3 is 0 Å². The summed E-state index contributed by atoms with van der Waals surface area (Å²) in [6.07, 6.45) is 2.27. The number of methoxy groups -OCH3 is 1. The number of aliphatic hydroxyl groups is 1.